The summed E-state index contributed by atoms with van der Waals surface area (Å²) in [4.78, 5) is 23.7. The summed E-state index contributed by atoms with van der Waals surface area (Å²) in [6.07, 6.45) is 1.24. The number of methoxy groups -OCH3 is 1. The Labute approximate surface area is 147 Å². The zero-order valence-corrected chi connectivity index (χ0v) is 14.4. The van der Waals surface area contributed by atoms with Gasteiger partial charge in [0.1, 0.15) is 0 Å². The molecule has 6 heteroatoms. The van der Waals surface area contributed by atoms with Crippen LogP contribution < -0.4 is 20.1 Å². The van der Waals surface area contributed by atoms with E-state index >= 15 is 0 Å². The summed E-state index contributed by atoms with van der Waals surface area (Å²) in [6, 6.07) is 14.1. The Bertz CT molecular complexity index is 731. The first kappa shape index (κ1) is 18.3. The predicted molar refractivity (Wildman–Crippen MR) is 97.1 cm³/mol. The molecule has 132 valence electrons. The van der Waals surface area contributed by atoms with Crippen molar-refractivity contribution in [1.82, 2.24) is 0 Å². The van der Waals surface area contributed by atoms with Gasteiger partial charge in [-0.05, 0) is 36.8 Å². The number of carbonyl (C=O) groups excluding carboxylic acids is 2. The fourth-order valence-corrected chi connectivity index (χ4v) is 2.20. The number of para-hydroxylation sites is 2. The van der Waals surface area contributed by atoms with Crippen LogP contribution in [0.4, 0.5) is 11.4 Å². The molecule has 25 heavy (non-hydrogen) atoms. The van der Waals surface area contributed by atoms with E-state index in [-0.39, 0.29) is 18.4 Å². The molecule has 0 radical (unpaired) electrons. The zero-order valence-electron chi connectivity index (χ0n) is 14.4. The van der Waals surface area contributed by atoms with Crippen LogP contribution in [-0.2, 0) is 9.59 Å². The fraction of sp³-hybridized carbons (Fsp3) is 0.263. The SMILES string of the molecule is CCCC(=O)Nc1cccc(NC(=O)COc2ccccc2OC)c1. The zero-order chi connectivity index (χ0) is 18.1. The lowest BCUT2D eigenvalue weighted by molar-refractivity contribution is -0.118. The minimum atomic E-state index is -0.303. The Kier molecular flexibility index (Phi) is 6.83. The Morgan fingerprint density at radius 1 is 0.920 bits per heavy atom. The van der Waals surface area contributed by atoms with Gasteiger partial charge in [0, 0.05) is 17.8 Å². The van der Waals surface area contributed by atoms with Crippen molar-refractivity contribution in [2.75, 3.05) is 24.4 Å². The van der Waals surface area contributed by atoms with Crippen LogP contribution in [0.2, 0.25) is 0 Å². The molecule has 0 fully saturated rings. The summed E-state index contributed by atoms with van der Waals surface area (Å²) in [6.45, 7) is 1.80. The maximum Gasteiger partial charge on any atom is 0.262 e. The summed E-state index contributed by atoms with van der Waals surface area (Å²) in [5.41, 5.74) is 1.23. The molecule has 0 saturated carbocycles. The molecule has 2 N–H and O–H groups in total. The lowest BCUT2D eigenvalue weighted by Gasteiger charge is -2.11. The van der Waals surface area contributed by atoms with E-state index in [4.69, 9.17) is 9.47 Å². The first-order chi connectivity index (χ1) is 12.1. The summed E-state index contributed by atoms with van der Waals surface area (Å²) in [5.74, 6) is 0.713. The highest BCUT2D eigenvalue weighted by Crippen LogP contribution is 2.25. The molecule has 2 amide bonds. The molecule has 0 spiro atoms. The second-order valence-electron chi connectivity index (χ2n) is 5.37. The number of carbonyl (C=O) groups is 2. The normalized spacial score (nSPS) is 10.0. The molecule has 0 heterocycles. The van der Waals surface area contributed by atoms with Gasteiger partial charge in [0.05, 0.1) is 7.11 Å². The predicted octanol–water partition coefficient (Wildman–Crippen LogP) is 3.45. The summed E-state index contributed by atoms with van der Waals surface area (Å²) >= 11 is 0. The molecule has 0 aliphatic carbocycles. The largest absolute Gasteiger partial charge is 0.493 e. The minimum Gasteiger partial charge on any atom is -0.493 e. The molecule has 0 saturated heterocycles. The van der Waals surface area contributed by atoms with Gasteiger partial charge in [0.25, 0.3) is 5.91 Å². The highest BCUT2D eigenvalue weighted by molar-refractivity contribution is 5.94. The number of hydrogen-bond acceptors (Lipinski definition) is 4. The number of rotatable bonds is 8. The molecular weight excluding hydrogens is 320 g/mol. The van der Waals surface area contributed by atoms with Gasteiger partial charge in [-0.25, -0.2) is 0 Å². The van der Waals surface area contributed by atoms with E-state index in [0.717, 1.165) is 6.42 Å². The Morgan fingerprint density at radius 3 is 2.20 bits per heavy atom. The number of anilines is 2. The van der Waals surface area contributed by atoms with E-state index in [1.807, 2.05) is 13.0 Å². The van der Waals surface area contributed by atoms with Crippen molar-refractivity contribution in [3.05, 3.63) is 48.5 Å². The van der Waals surface area contributed by atoms with Gasteiger partial charge in [-0.15, -0.1) is 0 Å². The smallest absolute Gasteiger partial charge is 0.262 e. The summed E-state index contributed by atoms with van der Waals surface area (Å²) in [5, 5.41) is 5.53. The van der Waals surface area contributed by atoms with Gasteiger partial charge < -0.3 is 20.1 Å². The van der Waals surface area contributed by atoms with Crippen LogP contribution in [0, 0.1) is 0 Å². The van der Waals surface area contributed by atoms with E-state index < -0.39 is 0 Å². The molecule has 0 aliphatic rings. The van der Waals surface area contributed by atoms with Crippen LogP contribution in [0.1, 0.15) is 19.8 Å². The molecule has 0 aliphatic heterocycles. The van der Waals surface area contributed by atoms with Crippen LogP contribution >= 0.6 is 0 Å². The van der Waals surface area contributed by atoms with Crippen molar-refractivity contribution in [2.24, 2.45) is 0 Å². The Balaban J connectivity index is 1.91. The molecule has 0 unspecified atom stereocenters. The monoisotopic (exact) mass is 342 g/mol. The average molecular weight is 342 g/mol. The molecule has 0 bridgehead atoms. The second-order valence-corrected chi connectivity index (χ2v) is 5.37. The van der Waals surface area contributed by atoms with Crippen molar-refractivity contribution in [3.63, 3.8) is 0 Å². The van der Waals surface area contributed by atoms with Crippen LogP contribution in [-0.4, -0.2) is 25.5 Å². The van der Waals surface area contributed by atoms with E-state index in [2.05, 4.69) is 10.6 Å². The molecule has 2 aromatic carbocycles. The first-order valence-corrected chi connectivity index (χ1v) is 8.08. The third-order valence-corrected chi connectivity index (χ3v) is 3.33. The number of ether oxygens (including phenoxy) is 2. The summed E-state index contributed by atoms with van der Waals surface area (Å²) in [7, 11) is 1.54. The van der Waals surface area contributed by atoms with Gasteiger partial charge in [-0.3, -0.25) is 9.59 Å². The van der Waals surface area contributed by atoms with Crippen LogP contribution in [0.25, 0.3) is 0 Å². The van der Waals surface area contributed by atoms with Gasteiger partial charge in [-0.1, -0.05) is 25.1 Å². The molecule has 2 rings (SSSR count). The maximum absolute atomic E-state index is 12.1. The van der Waals surface area contributed by atoms with Crippen LogP contribution in [0.5, 0.6) is 11.5 Å². The molecule has 0 atom stereocenters. The van der Waals surface area contributed by atoms with Crippen LogP contribution in [0.3, 0.4) is 0 Å². The molecule has 2 aromatic rings. The quantitative estimate of drug-likeness (QED) is 0.770. The van der Waals surface area contributed by atoms with Crippen molar-refractivity contribution in [1.29, 1.82) is 0 Å². The topological polar surface area (TPSA) is 76.7 Å². The number of benzene rings is 2. The molecule has 6 nitrogen and oxygen atoms in total. The van der Waals surface area contributed by atoms with E-state index in [1.165, 1.54) is 0 Å². The van der Waals surface area contributed by atoms with E-state index in [1.54, 1.807) is 49.6 Å². The molecular formula is C19H22N2O4. The van der Waals surface area contributed by atoms with Gasteiger partial charge >= 0.3 is 0 Å². The van der Waals surface area contributed by atoms with Gasteiger partial charge in [0.2, 0.25) is 5.91 Å². The highest BCUT2D eigenvalue weighted by atomic mass is 16.5. The van der Waals surface area contributed by atoms with Crippen molar-refractivity contribution >= 4 is 23.2 Å². The maximum atomic E-state index is 12.1. The number of hydrogen-bond donors (Lipinski definition) is 2. The highest BCUT2D eigenvalue weighted by Gasteiger charge is 2.08. The third-order valence-electron chi connectivity index (χ3n) is 3.33. The van der Waals surface area contributed by atoms with Crippen LogP contribution in [0.15, 0.2) is 48.5 Å². The van der Waals surface area contributed by atoms with E-state index in [0.29, 0.717) is 29.3 Å². The summed E-state index contributed by atoms with van der Waals surface area (Å²) < 4.78 is 10.7. The van der Waals surface area contributed by atoms with Gasteiger partial charge in [-0.2, -0.15) is 0 Å². The fourth-order valence-electron chi connectivity index (χ4n) is 2.20. The van der Waals surface area contributed by atoms with Crippen molar-refractivity contribution in [3.8, 4) is 11.5 Å². The minimum absolute atomic E-state index is 0.0505. The number of nitrogens with one attached hydrogen (secondary N) is 2. The Morgan fingerprint density at radius 2 is 1.56 bits per heavy atom. The van der Waals surface area contributed by atoms with E-state index in [9.17, 15) is 9.59 Å². The Hall–Kier alpha value is -3.02. The third kappa shape index (κ3) is 5.84. The van der Waals surface area contributed by atoms with Crippen molar-refractivity contribution < 1.29 is 19.1 Å². The first-order valence-electron chi connectivity index (χ1n) is 8.08. The van der Waals surface area contributed by atoms with Gasteiger partial charge in [0.15, 0.2) is 18.1 Å². The van der Waals surface area contributed by atoms with Crippen molar-refractivity contribution in [2.45, 2.75) is 19.8 Å². The second kappa shape index (κ2) is 9.32. The lowest BCUT2D eigenvalue weighted by atomic mass is 10.2. The number of amides is 2. The molecule has 0 aromatic heterocycles. The average Bonchev–Trinajstić information content (AvgIpc) is 2.60. The standard InChI is InChI=1S/C19H22N2O4/c1-3-7-18(22)20-14-8-6-9-15(12-14)21-19(23)13-25-17-11-5-4-10-16(17)24-2/h4-6,8-12H,3,7,13H2,1-2H3,(H,20,22)(H,21,23). The lowest BCUT2D eigenvalue weighted by Crippen LogP contribution is -2.20.